The molecule has 0 spiro atoms. The van der Waals surface area contributed by atoms with Crippen molar-refractivity contribution in [1.82, 2.24) is 4.90 Å². The summed E-state index contributed by atoms with van der Waals surface area (Å²) < 4.78 is 0. The second kappa shape index (κ2) is 6.17. The van der Waals surface area contributed by atoms with E-state index in [9.17, 15) is 4.79 Å². The third-order valence-electron chi connectivity index (χ3n) is 3.45. The number of hydrogen-bond acceptors (Lipinski definition) is 3. The standard InChI is InChI=1S/C13H19NO2S/c15-13(16)9-14(12-3-1-2-4-12)7-5-11-6-8-17-10-11/h6,8,10,12H,1-5,7,9H2,(H,15,16). The van der Waals surface area contributed by atoms with Gasteiger partial charge in [0.1, 0.15) is 0 Å². The van der Waals surface area contributed by atoms with Crippen LogP contribution in [0, 0.1) is 0 Å². The molecule has 0 atom stereocenters. The van der Waals surface area contributed by atoms with Crippen LogP contribution in [0.25, 0.3) is 0 Å². The Labute approximate surface area is 106 Å². The number of rotatable bonds is 6. The highest BCUT2D eigenvalue weighted by Gasteiger charge is 2.23. The number of hydrogen-bond donors (Lipinski definition) is 1. The first kappa shape index (κ1) is 12.6. The molecule has 2 rings (SSSR count). The van der Waals surface area contributed by atoms with Gasteiger partial charge in [0, 0.05) is 12.6 Å². The summed E-state index contributed by atoms with van der Waals surface area (Å²) in [5, 5.41) is 13.2. The van der Waals surface area contributed by atoms with Crippen LogP contribution in [0.1, 0.15) is 31.2 Å². The highest BCUT2D eigenvalue weighted by molar-refractivity contribution is 7.07. The monoisotopic (exact) mass is 253 g/mol. The minimum atomic E-state index is -0.706. The number of carboxylic acids is 1. The Hall–Kier alpha value is -0.870. The Bertz CT molecular complexity index is 344. The van der Waals surface area contributed by atoms with Gasteiger partial charge in [0.05, 0.1) is 6.54 Å². The van der Waals surface area contributed by atoms with Crippen molar-refractivity contribution >= 4 is 17.3 Å². The van der Waals surface area contributed by atoms with Gasteiger partial charge < -0.3 is 5.11 Å². The molecule has 0 radical (unpaired) electrons. The van der Waals surface area contributed by atoms with Gasteiger partial charge in [-0.25, -0.2) is 0 Å². The summed E-state index contributed by atoms with van der Waals surface area (Å²) in [4.78, 5) is 13.0. The summed E-state index contributed by atoms with van der Waals surface area (Å²) in [6.45, 7) is 1.06. The second-order valence-corrected chi connectivity index (χ2v) is 5.46. The highest BCUT2D eigenvalue weighted by atomic mass is 32.1. The number of carbonyl (C=O) groups is 1. The van der Waals surface area contributed by atoms with Crippen molar-refractivity contribution in [2.75, 3.05) is 13.1 Å². The van der Waals surface area contributed by atoms with Gasteiger partial charge in [0.15, 0.2) is 0 Å². The summed E-state index contributed by atoms with van der Waals surface area (Å²) in [5.41, 5.74) is 1.32. The van der Waals surface area contributed by atoms with E-state index in [2.05, 4.69) is 21.7 Å². The largest absolute Gasteiger partial charge is 0.480 e. The van der Waals surface area contributed by atoms with Crippen LogP contribution >= 0.6 is 11.3 Å². The smallest absolute Gasteiger partial charge is 0.317 e. The second-order valence-electron chi connectivity index (χ2n) is 4.68. The predicted molar refractivity (Wildman–Crippen MR) is 69.5 cm³/mol. The van der Waals surface area contributed by atoms with E-state index >= 15 is 0 Å². The molecule has 0 aromatic carbocycles. The summed E-state index contributed by atoms with van der Waals surface area (Å²) in [6, 6.07) is 2.61. The van der Waals surface area contributed by atoms with E-state index in [1.54, 1.807) is 11.3 Å². The molecular formula is C13H19NO2S. The Morgan fingerprint density at radius 1 is 1.47 bits per heavy atom. The Morgan fingerprint density at radius 3 is 2.82 bits per heavy atom. The lowest BCUT2D eigenvalue weighted by atomic mass is 10.1. The van der Waals surface area contributed by atoms with Gasteiger partial charge in [-0.05, 0) is 41.7 Å². The molecule has 1 aliphatic rings. The predicted octanol–water partition coefficient (Wildman–Crippen LogP) is 2.62. The first-order valence-corrected chi connectivity index (χ1v) is 7.17. The highest BCUT2D eigenvalue weighted by Crippen LogP contribution is 2.23. The maximum Gasteiger partial charge on any atom is 0.317 e. The third-order valence-corrected chi connectivity index (χ3v) is 4.18. The number of thiophene rings is 1. The Morgan fingerprint density at radius 2 is 2.24 bits per heavy atom. The molecule has 0 amide bonds. The molecule has 1 heterocycles. The van der Waals surface area contributed by atoms with Crippen molar-refractivity contribution in [2.24, 2.45) is 0 Å². The van der Waals surface area contributed by atoms with Crippen molar-refractivity contribution in [3.8, 4) is 0 Å². The van der Waals surface area contributed by atoms with Gasteiger partial charge in [-0.3, -0.25) is 9.69 Å². The maximum atomic E-state index is 10.9. The first-order valence-electron chi connectivity index (χ1n) is 6.22. The molecule has 17 heavy (non-hydrogen) atoms. The van der Waals surface area contributed by atoms with E-state index < -0.39 is 5.97 Å². The van der Waals surface area contributed by atoms with Gasteiger partial charge >= 0.3 is 5.97 Å². The van der Waals surface area contributed by atoms with E-state index in [1.165, 1.54) is 18.4 Å². The van der Waals surface area contributed by atoms with Crippen LogP contribution in [0.2, 0.25) is 0 Å². The minimum Gasteiger partial charge on any atom is -0.480 e. The zero-order valence-electron chi connectivity index (χ0n) is 9.97. The molecule has 1 fully saturated rings. The molecule has 0 saturated heterocycles. The maximum absolute atomic E-state index is 10.9. The molecule has 94 valence electrons. The van der Waals surface area contributed by atoms with Crippen LogP contribution in [-0.2, 0) is 11.2 Å². The summed E-state index contributed by atoms with van der Waals surface area (Å²) >= 11 is 1.70. The van der Waals surface area contributed by atoms with Crippen molar-refractivity contribution in [2.45, 2.75) is 38.1 Å². The van der Waals surface area contributed by atoms with Crippen LogP contribution in [0.4, 0.5) is 0 Å². The third kappa shape index (κ3) is 3.82. The fraction of sp³-hybridized carbons (Fsp3) is 0.615. The lowest BCUT2D eigenvalue weighted by Crippen LogP contribution is -2.38. The minimum absolute atomic E-state index is 0.189. The van der Waals surface area contributed by atoms with Crippen molar-refractivity contribution in [3.05, 3.63) is 22.4 Å². The quantitative estimate of drug-likeness (QED) is 0.847. The SMILES string of the molecule is O=C(O)CN(CCc1ccsc1)C1CCCC1. The fourth-order valence-electron chi connectivity index (χ4n) is 2.54. The average Bonchev–Trinajstić information content (AvgIpc) is 2.96. The van der Waals surface area contributed by atoms with Gasteiger partial charge in [-0.15, -0.1) is 0 Å². The molecule has 1 saturated carbocycles. The van der Waals surface area contributed by atoms with Gasteiger partial charge in [-0.1, -0.05) is 12.8 Å². The van der Waals surface area contributed by atoms with Crippen molar-refractivity contribution in [1.29, 1.82) is 0 Å². The summed E-state index contributed by atoms with van der Waals surface area (Å²) in [6.07, 6.45) is 5.79. The molecule has 0 unspecified atom stereocenters. The number of aliphatic carboxylic acids is 1. The first-order chi connectivity index (χ1) is 8.25. The van der Waals surface area contributed by atoms with Crippen LogP contribution in [-0.4, -0.2) is 35.1 Å². The van der Waals surface area contributed by atoms with Crippen LogP contribution in [0.5, 0.6) is 0 Å². The van der Waals surface area contributed by atoms with Gasteiger partial charge in [0.25, 0.3) is 0 Å². The fourth-order valence-corrected chi connectivity index (χ4v) is 3.24. The molecular weight excluding hydrogens is 234 g/mol. The van der Waals surface area contributed by atoms with Crippen molar-refractivity contribution < 1.29 is 9.90 Å². The number of carboxylic acid groups (broad SMARTS) is 1. The normalized spacial score (nSPS) is 16.8. The zero-order chi connectivity index (χ0) is 12.1. The number of nitrogens with zero attached hydrogens (tertiary/aromatic N) is 1. The van der Waals surface area contributed by atoms with E-state index in [0.717, 1.165) is 25.8 Å². The van der Waals surface area contributed by atoms with Gasteiger partial charge in [0.2, 0.25) is 0 Å². The van der Waals surface area contributed by atoms with Crippen LogP contribution in [0.15, 0.2) is 16.8 Å². The average molecular weight is 253 g/mol. The Balaban J connectivity index is 1.88. The van der Waals surface area contributed by atoms with E-state index in [-0.39, 0.29) is 6.54 Å². The molecule has 0 aliphatic heterocycles. The lowest BCUT2D eigenvalue weighted by Gasteiger charge is -2.26. The molecule has 1 aliphatic carbocycles. The Kier molecular flexibility index (Phi) is 4.57. The summed E-state index contributed by atoms with van der Waals surface area (Å²) in [7, 11) is 0. The molecule has 1 aromatic heterocycles. The van der Waals surface area contributed by atoms with E-state index in [4.69, 9.17) is 5.11 Å². The molecule has 3 nitrogen and oxygen atoms in total. The van der Waals surface area contributed by atoms with E-state index in [0.29, 0.717) is 6.04 Å². The molecule has 1 aromatic rings. The molecule has 0 bridgehead atoms. The summed E-state index contributed by atoms with van der Waals surface area (Å²) in [5.74, 6) is -0.706. The topological polar surface area (TPSA) is 40.5 Å². The zero-order valence-corrected chi connectivity index (χ0v) is 10.8. The lowest BCUT2D eigenvalue weighted by molar-refractivity contribution is -0.138. The molecule has 1 N–H and O–H groups in total. The van der Waals surface area contributed by atoms with Crippen molar-refractivity contribution in [3.63, 3.8) is 0 Å². The van der Waals surface area contributed by atoms with Crippen LogP contribution < -0.4 is 0 Å². The van der Waals surface area contributed by atoms with Crippen LogP contribution in [0.3, 0.4) is 0 Å². The van der Waals surface area contributed by atoms with Gasteiger partial charge in [-0.2, -0.15) is 11.3 Å². The van der Waals surface area contributed by atoms with E-state index in [1.807, 2.05) is 0 Å². The molecule has 4 heteroatoms.